The highest BCUT2D eigenvalue weighted by Crippen LogP contribution is 2.32. The van der Waals surface area contributed by atoms with Gasteiger partial charge in [-0.3, -0.25) is 15.8 Å². The maximum absolute atomic E-state index is 13.7. The van der Waals surface area contributed by atoms with Crippen LogP contribution < -0.4 is 15.6 Å². The first-order valence-electron chi connectivity index (χ1n) is 10.2. The van der Waals surface area contributed by atoms with Crippen molar-refractivity contribution < 1.29 is 9.13 Å². The summed E-state index contributed by atoms with van der Waals surface area (Å²) in [4.78, 5) is 2.49. The van der Waals surface area contributed by atoms with Gasteiger partial charge in [0, 0.05) is 31.6 Å². The van der Waals surface area contributed by atoms with Gasteiger partial charge in [0.05, 0.1) is 7.11 Å². The van der Waals surface area contributed by atoms with E-state index in [1.165, 1.54) is 37.1 Å². The van der Waals surface area contributed by atoms with Gasteiger partial charge in [-0.2, -0.15) is 0 Å². The first-order chi connectivity index (χ1) is 13.6. The monoisotopic (exact) mass is 383 g/mol. The van der Waals surface area contributed by atoms with E-state index in [9.17, 15) is 4.39 Å². The molecule has 0 amide bonds. The number of rotatable bonds is 5. The van der Waals surface area contributed by atoms with Crippen LogP contribution in [0.2, 0.25) is 0 Å². The number of nitrogens with one attached hydrogen (secondary N) is 2. The molecule has 3 atom stereocenters. The Morgan fingerprint density at radius 1 is 1.18 bits per heavy atom. The van der Waals surface area contributed by atoms with Crippen LogP contribution >= 0.6 is 0 Å². The number of ether oxygens (including phenoxy) is 1. The molecule has 4 rings (SSSR count). The van der Waals surface area contributed by atoms with E-state index < -0.39 is 0 Å². The first-order valence-corrected chi connectivity index (χ1v) is 10.2. The van der Waals surface area contributed by atoms with E-state index in [0.717, 1.165) is 31.7 Å². The van der Waals surface area contributed by atoms with Crippen molar-refractivity contribution in [2.24, 2.45) is 5.92 Å². The summed E-state index contributed by atoms with van der Waals surface area (Å²) in [6, 6.07) is 14.6. The van der Waals surface area contributed by atoms with Crippen LogP contribution in [0.4, 0.5) is 4.39 Å². The average Bonchev–Trinajstić information content (AvgIpc) is 3.20. The summed E-state index contributed by atoms with van der Waals surface area (Å²) in [6.45, 7) is 6.09. The van der Waals surface area contributed by atoms with Crippen LogP contribution in [0.3, 0.4) is 0 Å². The van der Waals surface area contributed by atoms with Crippen molar-refractivity contribution in [1.82, 2.24) is 15.8 Å². The van der Waals surface area contributed by atoms with Gasteiger partial charge in [0.15, 0.2) is 11.6 Å². The number of piperidine rings is 1. The standard InChI is InChI=1S/C23H30FN3O/c1-16-5-8-18(9-6-16)20-13-25-26-23(20)19-4-3-11-27(15-19)14-17-7-10-21(24)22(12-17)28-2/h5-10,12,19-20,23,25-26H,3-4,11,13-15H2,1-2H3. The van der Waals surface area contributed by atoms with Gasteiger partial charge in [0.1, 0.15) is 0 Å². The minimum atomic E-state index is -0.301. The van der Waals surface area contributed by atoms with Crippen molar-refractivity contribution in [3.05, 3.63) is 65.0 Å². The van der Waals surface area contributed by atoms with Gasteiger partial charge in [-0.15, -0.1) is 0 Å². The van der Waals surface area contributed by atoms with Crippen LogP contribution in [-0.4, -0.2) is 37.7 Å². The largest absolute Gasteiger partial charge is 0.494 e. The molecule has 5 heteroatoms. The van der Waals surface area contributed by atoms with Gasteiger partial charge in [-0.05, 0) is 55.5 Å². The lowest BCUT2D eigenvalue weighted by Crippen LogP contribution is -2.46. The number of halogens is 1. The highest BCUT2D eigenvalue weighted by Gasteiger charge is 2.36. The third kappa shape index (κ3) is 4.22. The summed E-state index contributed by atoms with van der Waals surface area (Å²) >= 11 is 0. The molecule has 2 N–H and O–H groups in total. The van der Waals surface area contributed by atoms with Crippen molar-refractivity contribution in [3.8, 4) is 5.75 Å². The molecule has 2 heterocycles. The van der Waals surface area contributed by atoms with E-state index in [1.807, 2.05) is 12.1 Å². The van der Waals surface area contributed by atoms with E-state index in [0.29, 0.717) is 23.6 Å². The second-order valence-corrected chi connectivity index (χ2v) is 8.17. The lowest BCUT2D eigenvalue weighted by atomic mass is 9.81. The van der Waals surface area contributed by atoms with Crippen molar-refractivity contribution in [1.29, 1.82) is 0 Å². The number of hydrogen-bond donors (Lipinski definition) is 2. The predicted octanol–water partition coefficient (Wildman–Crippen LogP) is 3.61. The van der Waals surface area contributed by atoms with Crippen LogP contribution in [0.5, 0.6) is 5.75 Å². The van der Waals surface area contributed by atoms with E-state index in [1.54, 1.807) is 0 Å². The van der Waals surface area contributed by atoms with Crippen LogP contribution in [0.1, 0.15) is 35.4 Å². The van der Waals surface area contributed by atoms with Gasteiger partial charge in [0.25, 0.3) is 0 Å². The molecule has 2 aliphatic rings. The van der Waals surface area contributed by atoms with Gasteiger partial charge in [-0.1, -0.05) is 35.9 Å². The van der Waals surface area contributed by atoms with Crippen molar-refractivity contribution in [2.45, 2.75) is 38.3 Å². The molecule has 2 aromatic carbocycles. The summed E-state index contributed by atoms with van der Waals surface area (Å²) in [5.41, 5.74) is 10.8. The van der Waals surface area contributed by atoms with Crippen LogP contribution in [0.15, 0.2) is 42.5 Å². The predicted molar refractivity (Wildman–Crippen MR) is 110 cm³/mol. The molecule has 0 aliphatic carbocycles. The summed E-state index contributed by atoms with van der Waals surface area (Å²) < 4.78 is 18.8. The topological polar surface area (TPSA) is 36.5 Å². The molecule has 2 fully saturated rings. The van der Waals surface area contributed by atoms with Gasteiger partial charge in [-0.25, -0.2) is 4.39 Å². The molecular weight excluding hydrogens is 353 g/mol. The summed E-state index contributed by atoms with van der Waals surface area (Å²) in [5, 5.41) is 0. The minimum absolute atomic E-state index is 0.301. The van der Waals surface area contributed by atoms with E-state index in [4.69, 9.17) is 4.74 Å². The van der Waals surface area contributed by atoms with E-state index in [-0.39, 0.29) is 5.82 Å². The number of benzene rings is 2. The van der Waals surface area contributed by atoms with Gasteiger partial charge in [0.2, 0.25) is 0 Å². The second kappa shape index (κ2) is 8.60. The Bertz CT molecular complexity index is 795. The molecular formula is C23H30FN3O. The van der Waals surface area contributed by atoms with Crippen LogP contribution in [0, 0.1) is 18.7 Å². The quantitative estimate of drug-likeness (QED) is 0.827. The third-order valence-corrected chi connectivity index (χ3v) is 6.20. The summed E-state index contributed by atoms with van der Waals surface area (Å²) in [7, 11) is 1.52. The van der Waals surface area contributed by atoms with E-state index >= 15 is 0 Å². The molecule has 3 unspecified atom stereocenters. The smallest absolute Gasteiger partial charge is 0.165 e. The zero-order chi connectivity index (χ0) is 19.5. The molecule has 0 bridgehead atoms. The van der Waals surface area contributed by atoms with E-state index in [2.05, 4.69) is 46.9 Å². The molecule has 0 spiro atoms. The zero-order valence-electron chi connectivity index (χ0n) is 16.7. The fraction of sp³-hybridized carbons (Fsp3) is 0.478. The van der Waals surface area contributed by atoms with Crippen molar-refractivity contribution in [3.63, 3.8) is 0 Å². The minimum Gasteiger partial charge on any atom is -0.494 e. The fourth-order valence-electron chi connectivity index (χ4n) is 4.69. The maximum atomic E-state index is 13.7. The van der Waals surface area contributed by atoms with Crippen LogP contribution in [0.25, 0.3) is 0 Å². The molecule has 4 nitrogen and oxygen atoms in total. The number of hydrogen-bond acceptors (Lipinski definition) is 4. The number of likely N-dealkylation sites (tertiary alicyclic amines) is 1. The van der Waals surface area contributed by atoms with Crippen molar-refractivity contribution >= 4 is 0 Å². The lowest BCUT2D eigenvalue weighted by Gasteiger charge is -2.37. The number of methoxy groups -OCH3 is 1. The summed E-state index contributed by atoms with van der Waals surface area (Å²) in [6.07, 6.45) is 2.44. The third-order valence-electron chi connectivity index (χ3n) is 6.20. The molecule has 0 saturated carbocycles. The summed E-state index contributed by atoms with van der Waals surface area (Å²) in [5.74, 6) is 1.12. The van der Waals surface area contributed by atoms with Crippen molar-refractivity contribution in [2.75, 3.05) is 26.7 Å². The first kappa shape index (κ1) is 19.4. The Morgan fingerprint density at radius 2 is 2.00 bits per heavy atom. The Hall–Kier alpha value is -1.95. The molecule has 0 aromatic heterocycles. The molecule has 0 radical (unpaired) electrons. The lowest BCUT2D eigenvalue weighted by molar-refractivity contribution is 0.139. The zero-order valence-corrected chi connectivity index (χ0v) is 16.7. The number of aryl methyl sites for hydroxylation is 1. The Labute approximate surface area is 167 Å². The normalized spacial score (nSPS) is 25.8. The van der Waals surface area contributed by atoms with Gasteiger partial charge >= 0.3 is 0 Å². The Morgan fingerprint density at radius 3 is 2.79 bits per heavy atom. The number of hydrazine groups is 1. The fourth-order valence-corrected chi connectivity index (χ4v) is 4.69. The molecule has 28 heavy (non-hydrogen) atoms. The Kier molecular flexibility index (Phi) is 5.95. The van der Waals surface area contributed by atoms with Crippen LogP contribution in [-0.2, 0) is 6.54 Å². The highest BCUT2D eigenvalue weighted by molar-refractivity contribution is 5.30. The Balaban J connectivity index is 1.43. The average molecular weight is 384 g/mol. The molecule has 2 aliphatic heterocycles. The highest BCUT2D eigenvalue weighted by atomic mass is 19.1. The maximum Gasteiger partial charge on any atom is 0.165 e. The van der Waals surface area contributed by atoms with Gasteiger partial charge < -0.3 is 4.74 Å². The SMILES string of the molecule is COc1cc(CN2CCCC(C3NNCC3c3ccc(C)cc3)C2)ccc1F. The molecule has 2 saturated heterocycles. The second-order valence-electron chi connectivity index (χ2n) is 8.17. The molecule has 150 valence electrons. The number of nitrogens with zero attached hydrogens (tertiary/aromatic N) is 1. The molecule has 2 aromatic rings.